The van der Waals surface area contributed by atoms with Gasteiger partial charge in [-0.3, -0.25) is 9.79 Å². The van der Waals surface area contributed by atoms with Crippen LogP contribution in [-0.2, 0) is 11.3 Å². The van der Waals surface area contributed by atoms with Crippen LogP contribution in [0, 0.1) is 0 Å². The first-order valence-corrected chi connectivity index (χ1v) is 8.37. The average Bonchev–Trinajstić information content (AvgIpc) is 2.98. The van der Waals surface area contributed by atoms with Crippen molar-refractivity contribution in [2.45, 2.75) is 44.8 Å². The fourth-order valence-electron chi connectivity index (χ4n) is 2.73. The van der Waals surface area contributed by atoms with E-state index in [1.165, 1.54) is 0 Å². The van der Waals surface area contributed by atoms with Gasteiger partial charge < -0.3 is 19.9 Å². The second-order valence-electron chi connectivity index (χ2n) is 6.19. The van der Waals surface area contributed by atoms with E-state index < -0.39 is 0 Å². The minimum Gasteiger partial charge on any atom is -0.373 e. The first-order valence-electron chi connectivity index (χ1n) is 8.37. The molecule has 1 fully saturated rings. The zero-order valence-electron chi connectivity index (χ0n) is 14.2. The van der Waals surface area contributed by atoms with E-state index in [4.69, 9.17) is 4.74 Å². The van der Waals surface area contributed by atoms with Crippen LogP contribution in [0.25, 0.3) is 0 Å². The number of ether oxygens (including phenoxy) is 1. The number of nitrogens with one attached hydrogen (secondary N) is 2. The number of unbranched alkanes of at least 4 members (excludes halogenated alkanes) is 1. The second kappa shape index (κ2) is 8.72. The zero-order chi connectivity index (χ0) is 16.5. The molecule has 0 saturated carbocycles. The standard InChI is InChI=1S/C17H28N4O2/c1-17(9-7-13-23-17)14-20-16(18-2)19-10-4-6-12-21-11-5-3-8-15(21)22/h3,5,8,11H,4,6-7,9-10,12-14H2,1-2H3,(H2,18,19,20). The van der Waals surface area contributed by atoms with Crippen molar-refractivity contribution in [1.82, 2.24) is 15.2 Å². The lowest BCUT2D eigenvalue weighted by Gasteiger charge is -2.24. The van der Waals surface area contributed by atoms with Gasteiger partial charge in [-0.25, -0.2) is 0 Å². The molecule has 0 spiro atoms. The van der Waals surface area contributed by atoms with Crippen LogP contribution in [0.15, 0.2) is 34.2 Å². The molecular weight excluding hydrogens is 292 g/mol. The van der Waals surface area contributed by atoms with Gasteiger partial charge in [0.2, 0.25) is 5.56 Å². The predicted molar refractivity (Wildman–Crippen MR) is 92.9 cm³/mol. The number of aromatic nitrogens is 1. The monoisotopic (exact) mass is 320 g/mol. The molecular formula is C17H28N4O2. The number of nitrogens with zero attached hydrogens (tertiary/aromatic N) is 2. The van der Waals surface area contributed by atoms with Crippen LogP contribution in [-0.4, -0.2) is 42.9 Å². The summed E-state index contributed by atoms with van der Waals surface area (Å²) in [5.41, 5.74) is -0.0192. The normalized spacial score (nSPS) is 21.4. The summed E-state index contributed by atoms with van der Waals surface area (Å²) in [4.78, 5) is 15.8. The molecule has 2 N–H and O–H groups in total. The van der Waals surface area contributed by atoms with Gasteiger partial charge in [0.1, 0.15) is 0 Å². The molecule has 2 heterocycles. The highest BCUT2D eigenvalue weighted by Crippen LogP contribution is 2.23. The van der Waals surface area contributed by atoms with Crippen molar-refractivity contribution in [2.24, 2.45) is 4.99 Å². The van der Waals surface area contributed by atoms with Crippen molar-refractivity contribution in [3.63, 3.8) is 0 Å². The average molecular weight is 320 g/mol. The van der Waals surface area contributed by atoms with E-state index in [0.29, 0.717) is 0 Å². The molecule has 1 unspecified atom stereocenters. The maximum absolute atomic E-state index is 11.6. The highest BCUT2D eigenvalue weighted by molar-refractivity contribution is 5.79. The minimum atomic E-state index is -0.0773. The third kappa shape index (κ3) is 5.71. The third-order valence-electron chi connectivity index (χ3n) is 4.17. The Hall–Kier alpha value is -1.82. The number of aliphatic imine (C=N–C) groups is 1. The molecule has 1 aliphatic heterocycles. The molecule has 1 atom stereocenters. The summed E-state index contributed by atoms with van der Waals surface area (Å²) in [5, 5.41) is 6.64. The molecule has 6 nitrogen and oxygen atoms in total. The van der Waals surface area contributed by atoms with Crippen LogP contribution in [0.2, 0.25) is 0 Å². The van der Waals surface area contributed by atoms with E-state index in [0.717, 1.165) is 57.9 Å². The van der Waals surface area contributed by atoms with Gasteiger partial charge in [-0.2, -0.15) is 0 Å². The van der Waals surface area contributed by atoms with Crippen LogP contribution >= 0.6 is 0 Å². The van der Waals surface area contributed by atoms with E-state index in [-0.39, 0.29) is 11.2 Å². The molecule has 6 heteroatoms. The lowest BCUT2D eigenvalue weighted by Crippen LogP contribution is -2.45. The van der Waals surface area contributed by atoms with E-state index in [1.807, 2.05) is 12.3 Å². The van der Waals surface area contributed by atoms with Crippen LogP contribution in [0.5, 0.6) is 0 Å². The minimum absolute atomic E-state index is 0.0581. The molecule has 1 saturated heterocycles. The Balaban J connectivity index is 1.62. The summed E-state index contributed by atoms with van der Waals surface area (Å²) in [6, 6.07) is 5.25. The number of aryl methyl sites for hydroxylation is 1. The van der Waals surface area contributed by atoms with Crippen LogP contribution in [0.1, 0.15) is 32.6 Å². The van der Waals surface area contributed by atoms with Crippen LogP contribution in [0.4, 0.5) is 0 Å². The van der Waals surface area contributed by atoms with Gasteiger partial charge in [-0.15, -0.1) is 0 Å². The van der Waals surface area contributed by atoms with Gasteiger partial charge in [-0.05, 0) is 38.7 Å². The predicted octanol–water partition coefficient (Wildman–Crippen LogP) is 1.36. The molecule has 2 rings (SSSR count). The smallest absolute Gasteiger partial charge is 0.250 e. The molecule has 0 aliphatic carbocycles. The molecule has 1 aliphatic rings. The highest BCUT2D eigenvalue weighted by atomic mass is 16.5. The molecule has 0 amide bonds. The zero-order valence-corrected chi connectivity index (χ0v) is 14.2. The fourth-order valence-corrected chi connectivity index (χ4v) is 2.73. The van der Waals surface area contributed by atoms with Crippen molar-refractivity contribution >= 4 is 5.96 Å². The van der Waals surface area contributed by atoms with Crippen molar-refractivity contribution in [3.8, 4) is 0 Å². The maximum atomic E-state index is 11.6. The van der Waals surface area contributed by atoms with E-state index in [2.05, 4.69) is 22.5 Å². The summed E-state index contributed by atoms with van der Waals surface area (Å²) < 4.78 is 7.50. The topological polar surface area (TPSA) is 67.7 Å². The first kappa shape index (κ1) is 17.5. The molecule has 0 aromatic carbocycles. The summed E-state index contributed by atoms with van der Waals surface area (Å²) in [6.07, 6.45) is 5.98. The van der Waals surface area contributed by atoms with Gasteiger partial charge in [-0.1, -0.05) is 6.07 Å². The molecule has 0 bridgehead atoms. The van der Waals surface area contributed by atoms with Gasteiger partial charge >= 0.3 is 0 Å². The Kier molecular flexibility index (Phi) is 6.65. The van der Waals surface area contributed by atoms with E-state index in [1.54, 1.807) is 23.7 Å². The number of hydrogen-bond acceptors (Lipinski definition) is 3. The first-order chi connectivity index (χ1) is 11.1. The summed E-state index contributed by atoms with van der Waals surface area (Å²) >= 11 is 0. The Labute approximate surface area is 138 Å². The van der Waals surface area contributed by atoms with Crippen molar-refractivity contribution in [1.29, 1.82) is 0 Å². The Morgan fingerprint density at radius 3 is 2.96 bits per heavy atom. The third-order valence-corrected chi connectivity index (χ3v) is 4.17. The molecule has 128 valence electrons. The Morgan fingerprint density at radius 2 is 2.26 bits per heavy atom. The summed E-state index contributed by atoms with van der Waals surface area (Å²) in [5.74, 6) is 0.804. The molecule has 1 aromatic rings. The Bertz CT molecular complexity index is 562. The number of guanidine groups is 1. The Morgan fingerprint density at radius 1 is 1.39 bits per heavy atom. The highest BCUT2D eigenvalue weighted by Gasteiger charge is 2.29. The SMILES string of the molecule is CN=C(NCCCCn1ccccc1=O)NCC1(C)CCCO1. The number of rotatable bonds is 7. The second-order valence-corrected chi connectivity index (χ2v) is 6.19. The van der Waals surface area contributed by atoms with Crippen LogP contribution in [0.3, 0.4) is 0 Å². The van der Waals surface area contributed by atoms with Crippen LogP contribution < -0.4 is 16.2 Å². The van der Waals surface area contributed by atoms with Crippen molar-refractivity contribution < 1.29 is 4.74 Å². The summed E-state index contributed by atoms with van der Waals surface area (Å²) in [6.45, 7) is 5.34. The van der Waals surface area contributed by atoms with E-state index in [9.17, 15) is 4.79 Å². The lowest BCUT2D eigenvalue weighted by atomic mass is 10.0. The van der Waals surface area contributed by atoms with E-state index >= 15 is 0 Å². The van der Waals surface area contributed by atoms with Gasteiger partial charge in [0.05, 0.1) is 5.60 Å². The van der Waals surface area contributed by atoms with Gasteiger partial charge in [0, 0.05) is 45.6 Å². The number of pyridine rings is 1. The molecule has 0 radical (unpaired) electrons. The van der Waals surface area contributed by atoms with Gasteiger partial charge in [0.15, 0.2) is 5.96 Å². The molecule has 1 aromatic heterocycles. The lowest BCUT2D eigenvalue weighted by molar-refractivity contribution is 0.0243. The largest absolute Gasteiger partial charge is 0.373 e. The summed E-state index contributed by atoms with van der Waals surface area (Å²) in [7, 11) is 1.77. The quantitative estimate of drug-likeness (QED) is 0.452. The molecule has 23 heavy (non-hydrogen) atoms. The number of hydrogen-bond donors (Lipinski definition) is 2. The van der Waals surface area contributed by atoms with Gasteiger partial charge in [0.25, 0.3) is 0 Å². The van der Waals surface area contributed by atoms with Crippen molar-refractivity contribution in [2.75, 3.05) is 26.7 Å². The van der Waals surface area contributed by atoms with Crippen molar-refractivity contribution in [3.05, 3.63) is 34.7 Å². The fraction of sp³-hybridized carbons (Fsp3) is 0.647. The maximum Gasteiger partial charge on any atom is 0.250 e.